The largest absolute Gasteiger partial charge is 0.391 e. The number of fused-ring (bicyclic) bond motifs is 1. The van der Waals surface area contributed by atoms with Gasteiger partial charge < -0.3 is 15.3 Å². The molecule has 4 heterocycles. The third-order valence-corrected chi connectivity index (χ3v) is 6.05. The van der Waals surface area contributed by atoms with Gasteiger partial charge in [0, 0.05) is 18.7 Å². The molecule has 2 N–H and O–H groups in total. The van der Waals surface area contributed by atoms with Crippen molar-refractivity contribution in [1.29, 1.82) is 0 Å². The zero-order valence-electron chi connectivity index (χ0n) is 16.8. The zero-order valence-corrected chi connectivity index (χ0v) is 16.8. The van der Waals surface area contributed by atoms with E-state index in [0.29, 0.717) is 18.5 Å². The van der Waals surface area contributed by atoms with Crippen molar-refractivity contribution in [1.82, 2.24) is 30.2 Å². The van der Waals surface area contributed by atoms with Gasteiger partial charge in [0.15, 0.2) is 11.6 Å². The summed E-state index contributed by atoms with van der Waals surface area (Å²) < 4.78 is 31.5. The molecule has 0 aliphatic carbocycles. The number of rotatable bonds is 3. The Morgan fingerprint density at radius 2 is 1.97 bits per heavy atom. The normalized spacial score (nSPS) is 20.0. The molecule has 31 heavy (non-hydrogen) atoms. The van der Waals surface area contributed by atoms with Crippen LogP contribution in [0.4, 0.5) is 8.78 Å². The number of β-amino-alcohol motifs (C(OH)–C–C–N with tert-alkyl or cyclic N) is 1. The van der Waals surface area contributed by atoms with Crippen molar-refractivity contribution >= 4 is 16.9 Å². The monoisotopic (exact) mass is 428 g/mol. The summed E-state index contributed by atoms with van der Waals surface area (Å²) in [6, 6.07) is 4.42. The fourth-order valence-corrected chi connectivity index (χ4v) is 4.32. The third-order valence-electron chi connectivity index (χ3n) is 6.05. The van der Waals surface area contributed by atoms with Crippen molar-refractivity contribution in [2.45, 2.75) is 31.4 Å². The quantitative estimate of drug-likeness (QED) is 0.662. The Morgan fingerprint density at radius 3 is 2.71 bits per heavy atom. The highest BCUT2D eigenvalue weighted by Gasteiger charge is 2.29. The van der Waals surface area contributed by atoms with E-state index in [1.54, 1.807) is 12.3 Å². The van der Waals surface area contributed by atoms with Gasteiger partial charge in [0.1, 0.15) is 11.0 Å². The Bertz CT molecular complexity index is 1140. The lowest BCUT2D eigenvalue weighted by atomic mass is 10.0. The van der Waals surface area contributed by atoms with Crippen molar-refractivity contribution in [2.75, 3.05) is 26.2 Å². The maximum absolute atomic E-state index is 14.9. The highest BCUT2D eigenvalue weighted by Crippen LogP contribution is 2.29. The summed E-state index contributed by atoms with van der Waals surface area (Å²) in [4.78, 5) is 18.2. The first-order valence-corrected chi connectivity index (χ1v) is 10.4. The number of carbonyl (C=O) groups is 1. The fourth-order valence-electron chi connectivity index (χ4n) is 4.32. The van der Waals surface area contributed by atoms with Crippen LogP contribution >= 0.6 is 0 Å². The molecule has 0 radical (unpaired) electrons. The lowest BCUT2D eigenvalue weighted by Crippen LogP contribution is -2.30. The third kappa shape index (κ3) is 3.55. The molecule has 8 nitrogen and oxygen atoms in total. The molecule has 2 aliphatic rings. The molecule has 0 spiro atoms. The lowest BCUT2D eigenvalue weighted by molar-refractivity contribution is 0.0759. The zero-order chi connectivity index (χ0) is 21.5. The van der Waals surface area contributed by atoms with Crippen molar-refractivity contribution in [3.8, 4) is 11.3 Å². The number of pyridine rings is 1. The fraction of sp³-hybridized carbons (Fsp3) is 0.429. The van der Waals surface area contributed by atoms with Crippen molar-refractivity contribution in [2.24, 2.45) is 0 Å². The summed E-state index contributed by atoms with van der Waals surface area (Å²) in [5, 5.41) is 21.3. The van der Waals surface area contributed by atoms with Gasteiger partial charge in [-0.1, -0.05) is 5.21 Å². The van der Waals surface area contributed by atoms with Crippen LogP contribution in [0.2, 0.25) is 0 Å². The van der Waals surface area contributed by atoms with E-state index in [-0.39, 0.29) is 29.4 Å². The van der Waals surface area contributed by atoms with Crippen LogP contribution < -0.4 is 5.32 Å². The first-order valence-electron chi connectivity index (χ1n) is 10.4. The molecule has 2 fully saturated rings. The Hall–Kier alpha value is -2.98. The van der Waals surface area contributed by atoms with E-state index < -0.39 is 23.6 Å². The Morgan fingerprint density at radius 1 is 1.16 bits per heavy atom. The minimum absolute atomic E-state index is 0.0474. The number of carbonyl (C=O) groups excluding carboxylic acids is 1. The number of hydrogen-bond acceptors (Lipinski definition) is 6. The Kier molecular flexibility index (Phi) is 5.11. The van der Waals surface area contributed by atoms with Gasteiger partial charge in [-0.2, -0.15) is 0 Å². The summed E-state index contributed by atoms with van der Waals surface area (Å²) in [5.74, 6) is -2.99. The number of benzene rings is 1. The number of piperidine rings is 1. The molecule has 2 aromatic heterocycles. The van der Waals surface area contributed by atoms with E-state index in [9.17, 15) is 18.7 Å². The number of nitrogens with one attached hydrogen (secondary N) is 1. The molecular weight excluding hydrogens is 406 g/mol. The van der Waals surface area contributed by atoms with E-state index in [0.717, 1.165) is 31.4 Å². The molecule has 10 heteroatoms. The Labute approximate surface area is 176 Å². The predicted molar refractivity (Wildman–Crippen MR) is 108 cm³/mol. The van der Waals surface area contributed by atoms with E-state index in [4.69, 9.17) is 0 Å². The molecule has 0 saturated carbocycles. The topological polar surface area (TPSA) is 96.2 Å². The number of likely N-dealkylation sites (tertiary alicyclic amines) is 1. The predicted octanol–water partition coefficient (Wildman–Crippen LogP) is 1.90. The minimum atomic E-state index is -1.22. The SMILES string of the molecule is O=C(c1ccc(-c2cc3nnn(C4CCNCC4)c3cn2)c(F)c1F)N1CC[C@@H](O)C1. The Balaban J connectivity index is 1.46. The van der Waals surface area contributed by atoms with Gasteiger partial charge in [0.2, 0.25) is 0 Å². The van der Waals surface area contributed by atoms with Crippen molar-refractivity contribution in [3.63, 3.8) is 0 Å². The van der Waals surface area contributed by atoms with Crippen LogP contribution in [0.5, 0.6) is 0 Å². The van der Waals surface area contributed by atoms with Gasteiger partial charge in [-0.05, 0) is 50.6 Å². The summed E-state index contributed by atoms with van der Waals surface area (Å²) in [5.41, 5.74) is 1.12. The van der Waals surface area contributed by atoms with E-state index in [2.05, 4.69) is 20.6 Å². The van der Waals surface area contributed by atoms with E-state index in [1.807, 2.05) is 4.68 Å². The molecule has 3 aromatic rings. The molecule has 0 unspecified atom stereocenters. The van der Waals surface area contributed by atoms with E-state index >= 15 is 0 Å². The first-order chi connectivity index (χ1) is 15.0. The number of amides is 1. The minimum Gasteiger partial charge on any atom is -0.391 e. The highest BCUT2D eigenvalue weighted by molar-refractivity contribution is 5.95. The standard InChI is InChI=1S/C21H22F2N6O2/c22-19-14(1-2-15(20(19)23)21(31)28-8-5-13(30)11-28)16-9-17-18(10-25-16)29(27-26-17)12-3-6-24-7-4-12/h1-2,9-10,12-13,24,30H,3-8,11H2/t13-/m1/s1. The second-order valence-corrected chi connectivity index (χ2v) is 8.06. The van der Waals surface area contributed by atoms with Crippen LogP contribution in [0.3, 0.4) is 0 Å². The summed E-state index contributed by atoms with van der Waals surface area (Å²) in [6.45, 7) is 2.24. The van der Waals surface area contributed by atoms with Crippen molar-refractivity contribution in [3.05, 3.63) is 41.6 Å². The second-order valence-electron chi connectivity index (χ2n) is 8.06. The maximum Gasteiger partial charge on any atom is 0.257 e. The number of aromatic nitrogens is 4. The molecule has 2 saturated heterocycles. The number of aliphatic hydroxyl groups is 1. The van der Waals surface area contributed by atoms with Crippen LogP contribution in [0.1, 0.15) is 35.7 Å². The number of halogens is 2. The van der Waals surface area contributed by atoms with Crippen LogP contribution in [-0.2, 0) is 0 Å². The van der Waals surface area contributed by atoms with Crippen LogP contribution in [0.25, 0.3) is 22.3 Å². The van der Waals surface area contributed by atoms with Gasteiger partial charge in [-0.3, -0.25) is 9.78 Å². The summed E-state index contributed by atoms with van der Waals surface area (Å²) in [7, 11) is 0. The molecule has 162 valence electrons. The molecule has 0 bridgehead atoms. The smallest absolute Gasteiger partial charge is 0.257 e. The maximum atomic E-state index is 14.9. The average Bonchev–Trinajstić information content (AvgIpc) is 3.41. The molecular formula is C21H22F2N6O2. The van der Waals surface area contributed by atoms with Gasteiger partial charge in [0.05, 0.1) is 29.6 Å². The van der Waals surface area contributed by atoms with Crippen molar-refractivity contribution < 1.29 is 18.7 Å². The first kappa shape index (κ1) is 20.0. The lowest BCUT2D eigenvalue weighted by Gasteiger charge is -2.22. The number of hydrogen-bond donors (Lipinski definition) is 2. The van der Waals surface area contributed by atoms with E-state index in [1.165, 1.54) is 17.0 Å². The average molecular weight is 428 g/mol. The highest BCUT2D eigenvalue weighted by atomic mass is 19.2. The van der Waals surface area contributed by atoms with Gasteiger partial charge in [-0.25, -0.2) is 13.5 Å². The molecule has 5 rings (SSSR count). The summed E-state index contributed by atoms with van der Waals surface area (Å²) in [6.07, 6.45) is 3.24. The van der Waals surface area contributed by atoms with Gasteiger partial charge >= 0.3 is 0 Å². The van der Waals surface area contributed by atoms with Gasteiger partial charge in [0.25, 0.3) is 5.91 Å². The summed E-state index contributed by atoms with van der Waals surface area (Å²) >= 11 is 0. The second kappa shape index (κ2) is 7.93. The molecule has 1 aromatic carbocycles. The van der Waals surface area contributed by atoms with Crippen LogP contribution in [-0.4, -0.2) is 68.2 Å². The molecule has 2 aliphatic heterocycles. The number of aliphatic hydroxyl groups excluding tert-OH is 1. The van der Waals surface area contributed by atoms with Gasteiger partial charge in [-0.15, -0.1) is 5.10 Å². The molecule has 1 amide bonds. The number of nitrogens with zero attached hydrogens (tertiary/aromatic N) is 5. The molecule has 1 atom stereocenters. The van der Waals surface area contributed by atoms with Crippen LogP contribution in [0.15, 0.2) is 24.4 Å². The van der Waals surface area contributed by atoms with Crippen LogP contribution in [0, 0.1) is 11.6 Å².